The summed E-state index contributed by atoms with van der Waals surface area (Å²) in [7, 11) is 1.78. The van der Waals surface area contributed by atoms with Crippen molar-refractivity contribution in [2.75, 3.05) is 32.7 Å². The summed E-state index contributed by atoms with van der Waals surface area (Å²) in [6, 6.07) is 1.70. The minimum Gasteiger partial charge on any atom is -0.353 e. The molecule has 1 saturated heterocycles. The molecule has 1 aromatic heterocycles. The number of aromatic nitrogens is 2. The first-order chi connectivity index (χ1) is 10.6. The summed E-state index contributed by atoms with van der Waals surface area (Å²) in [4.78, 5) is 25.9. The molecule has 0 bridgehead atoms. The van der Waals surface area contributed by atoms with Crippen LogP contribution in [0.3, 0.4) is 0 Å². The van der Waals surface area contributed by atoms with Gasteiger partial charge in [-0.2, -0.15) is 5.10 Å². The second kappa shape index (κ2) is 7.93. The predicted molar refractivity (Wildman–Crippen MR) is 83.6 cm³/mol. The van der Waals surface area contributed by atoms with E-state index in [4.69, 9.17) is 0 Å². The van der Waals surface area contributed by atoms with Crippen LogP contribution in [0.5, 0.6) is 0 Å². The molecule has 0 aliphatic carbocycles. The number of piperidine rings is 1. The number of amides is 2. The van der Waals surface area contributed by atoms with Crippen molar-refractivity contribution >= 4 is 11.8 Å². The van der Waals surface area contributed by atoms with Gasteiger partial charge in [-0.1, -0.05) is 6.42 Å². The largest absolute Gasteiger partial charge is 0.353 e. The summed E-state index contributed by atoms with van der Waals surface area (Å²) in [5, 5.41) is 9.50. The molecular formula is C15H25N5O2. The maximum atomic E-state index is 11.9. The lowest BCUT2D eigenvalue weighted by Gasteiger charge is -2.26. The first kappa shape index (κ1) is 16.5. The molecule has 0 radical (unpaired) electrons. The summed E-state index contributed by atoms with van der Waals surface area (Å²) in [5.74, 6) is -0.493. The van der Waals surface area contributed by atoms with Crippen LogP contribution in [-0.2, 0) is 11.8 Å². The minimum absolute atomic E-state index is 0.0194. The van der Waals surface area contributed by atoms with Gasteiger partial charge in [0.25, 0.3) is 5.91 Å². The fourth-order valence-corrected chi connectivity index (χ4v) is 2.52. The smallest absolute Gasteiger partial charge is 0.272 e. The molecule has 0 aromatic carbocycles. The number of nitrogens with zero attached hydrogens (tertiary/aromatic N) is 3. The van der Waals surface area contributed by atoms with Gasteiger partial charge in [-0.25, -0.2) is 0 Å². The van der Waals surface area contributed by atoms with E-state index in [0.717, 1.165) is 25.3 Å². The molecule has 2 rings (SSSR count). The van der Waals surface area contributed by atoms with Crippen molar-refractivity contribution in [2.45, 2.75) is 26.2 Å². The van der Waals surface area contributed by atoms with Crippen molar-refractivity contribution in [3.05, 3.63) is 17.5 Å². The van der Waals surface area contributed by atoms with Crippen LogP contribution in [0, 0.1) is 6.92 Å². The first-order valence-electron chi connectivity index (χ1n) is 7.84. The van der Waals surface area contributed by atoms with E-state index >= 15 is 0 Å². The predicted octanol–water partition coefficient (Wildman–Crippen LogP) is 0.0604. The molecular weight excluding hydrogens is 282 g/mol. The van der Waals surface area contributed by atoms with Gasteiger partial charge in [0.2, 0.25) is 5.91 Å². The van der Waals surface area contributed by atoms with Crippen LogP contribution in [0.2, 0.25) is 0 Å². The van der Waals surface area contributed by atoms with Gasteiger partial charge in [-0.15, -0.1) is 0 Å². The van der Waals surface area contributed by atoms with Crippen LogP contribution >= 0.6 is 0 Å². The number of rotatable bonds is 6. The Morgan fingerprint density at radius 2 is 1.95 bits per heavy atom. The molecule has 2 N–H and O–H groups in total. The normalized spacial score (nSPS) is 15.5. The number of aryl methyl sites for hydroxylation is 2. The lowest BCUT2D eigenvalue weighted by atomic mass is 10.1. The molecule has 1 aliphatic rings. The number of hydrogen-bond acceptors (Lipinski definition) is 4. The van der Waals surface area contributed by atoms with Crippen LogP contribution in [-0.4, -0.2) is 59.2 Å². The van der Waals surface area contributed by atoms with E-state index in [1.807, 2.05) is 6.92 Å². The van der Waals surface area contributed by atoms with E-state index < -0.39 is 0 Å². The lowest BCUT2D eigenvalue weighted by Crippen LogP contribution is -2.41. The molecule has 0 saturated carbocycles. The van der Waals surface area contributed by atoms with Gasteiger partial charge < -0.3 is 15.5 Å². The van der Waals surface area contributed by atoms with E-state index in [1.165, 1.54) is 19.3 Å². The number of hydrogen-bond donors (Lipinski definition) is 2. The van der Waals surface area contributed by atoms with Crippen LogP contribution < -0.4 is 10.6 Å². The molecule has 122 valence electrons. The van der Waals surface area contributed by atoms with Crippen molar-refractivity contribution in [2.24, 2.45) is 7.05 Å². The van der Waals surface area contributed by atoms with Gasteiger partial charge >= 0.3 is 0 Å². The molecule has 0 unspecified atom stereocenters. The fraction of sp³-hybridized carbons (Fsp3) is 0.667. The summed E-state index contributed by atoms with van der Waals surface area (Å²) >= 11 is 0. The average Bonchev–Trinajstić information content (AvgIpc) is 2.85. The SMILES string of the molecule is Cc1cc(C(=O)NCC(=O)NCCN2CCCCC2)nn1C. The lowest BCUT2D eigenvalue weighted by molar-refractivity contribution is -0.120. The highest BCUT2D eigenvalue weighted by Crippen LogP contribution is 2.07. The van der Waals surface area contributed by atoms with Crippen LogP contribution in [0.4, 0.5) is 0 Å². The molecule has 7 nitrogen and oxygen atoms in total. The van der Waals surface area contributed by atoms with E-state index in [9.17, 15) is 9.59 Å². The van der Waals surface area contributed by atoms with E-state index in [-0.39, 0.29) is 18.4 Å². The van der Waals surface area contributed by atoms with Gasteiger partial charge in [0.15, 0.2) is 0 Å². The van der Waals surface area contributed by atoms with Crippen molar-refractivity contribution in [1.29, 1.82) is 0 Å². The van der Waals surface area contributed by atoms with Crippen molar-refractivity contribution in [3.63, 3.8) is 0 Å². The highest BCUT2D eigenvalue weighted by molar-refractivity contribution is 5.94. The third kappa shape index (κ3) is 4.84. The standard InChI is InChI=1S/C15H25N5O2/c1-12-10-13(18-19(12)2)15(22)17-11-14(21)16-6-9-20-7-4-3-5-8-20/h10H,3-9,11H2,1-2H3,(H,16,21)(H,17,22). The molecule has 0 spiro atoms. The molecule has 1 aromatic rings. The van der Waals surface area contributed by atoms with Crippen LogP contribution in [0.1, 0.15) is 35.4 Å². The average molecular weight is 307 g/mol. The van der Waals surface area contributed by atoms with Gasteiger partial charge in [0, 0.05) is 25.8 Å². The zero-order chi connectivity index (χ0) is 15.9. The highest BCUT2D eigenvalue weighted by Gasteiger charge is 2.13. The Hall–Kier alpha value is -1.89. The molecule has 1 fully saturated rings. The third-order valence-corrected chi connectivity index (χ3v) is 3.95. The maximum absolute atomic E-state index is 11.9. The van der Waals surface area contributed by atoms with Gasteiger partial charge in [-0.3, -0.25) is 14.3 Å². The zero-order valence-corrected chi connectivity index (χ0v) is 13.4. The van der Waals surface area contributed by atoms with Gasteiger partial charge in [0.05, 0.1) is 6.54 Å². The second-order valence-corrected chi connectivity index (χ2v) is 5.73. The van der Waals surface area contributed by atoms with Crippen molar-refractivity contribution < 1.29 is 9.59 Å². The molecule has 2 amide bonds. The van der Waals surface area contributed by atoms with E-state index in [0.29, 0.717) is 12.2 Å². The number of carbonyl (C=O) groups is 2. The molecule has 22 heavy (non-hydrogen) atoms. The Kier molecular flexibility index (Phi) is 5.94. The van der Waals surface area contributed by atoms with E-state index in [1.54, 1.807) is 17.8 Å². The number of nitrogens with one attached hydrogen (secondary N) is 2. The number of carbonyl (C=O) groups excluding carboxylic acids is 2. The summed E-state index contributed by atoms with van der Waals surface area (Å²) < 4.78 is 1.63. The van der Waals surface area contributed by atoms with Crippen molar-refractivity contribution in [1.82, 2.24) is 25.3 Å². The van der Waals surface area contributed by atoms with Gasteiger partial charge in [-0.05, 0) is 38.9 Å². The topological polar surface area (TPSA) is 79.3 Å². The quantitative estimate of drug-likeness (QED) is 0.779. The van der Waals surface area contributed by atoms with Gasteiger partial charge in [0.1, 0.15) is 5.69 Å². The van der Waals surface area contributed by atoms with E-state index in [2.05, 4.69) is 20.6 Å². The molecule has 2 heterocycles. The number of likely N-dealkylation sites (tertiary alicyclic amines) is 1. The maximum Gasteiger partial charge on any atom is 0.272 e. The fourth-order valence-electron chi connectivity index (χ4n) is 2.52. The zero-order valence-electron chi connectivity index (χ0n) is 13.4. The summed E-state index contributed by atoms with van der Waals surface area (Å²) in [6.07, 6.45) is 3.79. The monoisotopic (exact) mass is 307 g/mol. The Bertz CT molecular complexity index is 501. The van der Waals surface area contributed by atoms with Crippen molar-refractivity contribution in [3.8, 4) is 0 Å². The second-order valence-electron chi connectivity index (χ2n) is 5.73. The molecule has 0 atom stereocenters. The molecule has 1 aliphatic heterocycles. The first-order valence-corrected chi connectivity index (χ1v) is 7.84. The minimum atomic E-state index is -0.324. The highest BCUT2D eigenvalue weighted by atomic mass is 16.2. The third-order valence-electron chi connectivity index (χ3n) is 3.95. The summed E-state index contributed by atoms with van der Waals surface area (Å²) in [6.45, 7) is 5.58. The Labute approximate surface area is 131 Å². The molecule has 7 heteroatoms. The van der Waals surface area contributed by atoms with Crippen LogP contribution in [0.25, 0.3) is 0 Å². The summed E-state index contributed by atoms with van der Waals surface area (Å²) in [5.41, 5.74) is 1.23. The Morgan fingerprint density at radius 3 is 2.59 bits per heavy atom. The Balaban J connectivity index is 1.63. The Morgan fingerprint density at radius 1 is 1.23 bits per heavy atom. The van der Waals surface area contributed by atoms with Crippen LogP contribution in [0.15, 0.2) is 6.07 Å².